The molecular weight excluding hydrogens is 226 g/mol. The van der Waals surface area contributed by atoms with Crippen molar-refractivity contribution in [3.63, 3.8) is 0 Å². The first-order valence-electron chi connectivity index (χ1n) is 5.93. The molecule has 3 heteroatoms. The fraction of sp³-hybridized carbons (Fsp3) is 0.200. The van der Waals surface area contributed by atoms with Crippen LogP contribution < -0.4 is 10.5 Å². The maximum absolute atomic E-state index is 9.15. The average molecular weight is 243 g/mol. The normalized spacial score (nSPS) is 10.3. The Labute approximate surface area is 107 Å². The molecule has 0 aliphatic heterocycles. The molecule has 0 aromatic heterocycles. The van der Waals surface area contributed by atoms with Crippen LogP contribution in [0.1, 0.15) is 16.7 Å². The van der Waals surface area contributed by atoms with Gasteiger partial charge < -0.3 is 15.6 Å². The third-order valence-electron chi connectivity index (χ3n) is 2.82. The van der Waals surface area contributed by atoms with E-state index in [1.807, 2.05) is 48.5 Å². The Bertz CT molecular complexity index is 497. The van der Waals surface area contributed by atoms with Crippen molar-refractivity contribution in [2.45, 2.75) is 19.8 Å². The molecule has 0 bridgehead atoms. The maximum atomic E-state index is 9.15. The topological polar surface area (TPSA) is 55.5 Å². The maximum Gasteiger partial charge on any atom is 0.120 e. The van der Waals surface area contributed by atoms with Crippen LogP contribution in [0.4, 0.5) is 0 Å². The summed E-state index contributed by atoms with van der Waals surface area (Å²) in [4.78, 5) is 0. The van der Waals surface area contributed by atoms with Crippen molar-refractivity contribution in [2.24, 2.45) is 5.73 Å². The lowest BCUT2D eigenvalue weighted by atomic mass is 10.1. The number of nitrogens with two attached hydrogens (primary N) is 1. The number of hydrogen-bond donors (Lipinski definition) is 2. The van der Waals surface area contributed by atoms with E-state index in [-0.39, 0.29) is 6.61 Å². The van der Waals surface area contributed by atoms with Gasteiger partial charge in [0.25, 0.3) is 0 Å². The highest BCUT2D eigenvalue weighted by Gasteiger charge is 2.02. The Morgan fingerprint density at radius 1 is 1.00 bits per heavy atom. The van der Waals surface area contributed by atoms with Crippen LogP contribution in [0.25, 0.3) is 0 Å². The van der Waals surface area contributed by atoms with Crippen molar-refractivity contribution in [1.29, 1.82) is 0 Å². The number of aliphatic hydroxyl groups is 1. The van der Waals surface area contributed by atoms with Crippen LogP contribution in [-0.4, -0.2) is 5.11 Å². The zero-order chi connectivity index (χ0) is 12.8. The van der Waals surface area contributed by atoms with Gasteiger partial charge in [0.2, 0.25) is 0 Å². The summed E-state index contributed by atoms with van der Waals surface area (Å²) in [5.41, 5.74) is 8.53. The zero-order valence-corrected chi connectivity index (χ0v) is 10.2. The van der Waals surface area contributed by atoms with Gasteiger partial charge in [0.1, 0.15) is 12.4 Å². The molecule has 0 heterocycles. The summed E-state index contributed by atoms with van der Waals surface area (Å²) in [7, 11) is 0. The van der Waals surface area contributed by atoms with Crippen molar-refractivity contribution in [1.82, 2.24) is 0 Å². The minimum Gasteiger partial charge on any atom is -0.489 e. The van der Waals surface area contributed by atoms with Gasteiger partial charge in [-0.1, -0.05) is 36.4 Å². The first-order valence-corrected chi connectivity index (χ1v) is 5.93. The Kier molecular flexibility index (Phi) is 4.34. The van der Waals surface area contributed by atoms with Crippen molar-refractivity contribution in [3.8, 4) is 5.75 Å². The lowest BCUT2D eigenvalue weighted by molar-refractivity contribution is 0.279. The van der Waals surface area contributed by atoms with Gasteiger partial charge in [0.05, 0.1) is 6.61 Å². The number of aliphatic hydroxyl groups excluding tert-OH is 1. The Morgan fingerprint density at radius 2 is 1.78 bits per heavy atom. The fourth-order valence-electron chi connectivity index (χ4n) is 1.78. The molecule has 3 nitrogen and oxygen atoms in total. The van der Waals surface area contributed by atoms with Gasteiger partial charge in [0, 0.05) is 6.54 Å². The summed E-state index contributed by atoms with van der Waals surface area (Å²) in [5.74, 6) is 0.775. The second-order valence-corrected chi connectivity index (χ2v) is 4.07. The highest BCUT2D eigenvalue weighted by molar-refractivity contribution is 5.35. The van der Waals surface area contributed by atoms with Gasteiger partial charge in [0.15, 0.2) is 0 Å². The second kappa shape index (κ2) is 6.19. The van der Waals surface area contributed by atoms with Gasteiger partial charge in [-0.25, -0.2) is 0 Å². The first-order chi connectivity index (χ1) is 8.83. The standard InChI is InChI=1S/C15H17NO2/c16-9-14-8-15(7-6-13(14)10-17)18-11-12-4-2-1-3-5-12/h1-8,17H,9-11,16H2. The highest BCUT2D eigenvalue weighted by atomic mass is 16.5. The molecule has 2 aromatic carbocycles. The summed E-state index contributed by atoms with van der Waals surface area (Å²) < 4.78 is 5.70. The quantitative estimate of drug-likeness (QED) is 0.846. The fourth-order valence-corrected chi connectivity index (χ4v) is 1.78. The van der Waals surface area contributed by atoms with Crippen molar-refractivity contribution in [2.75, 3.05) is 0 Å². The van der Waals surface area contributed by atoms with Crippen LogP contribution in [0.15, 0.2) is 48.5 Å². The summed E-state index contributed by atoms with van der Waals surface area (Å²) >= 11 is 0. The van der Waals surface area contributed by atoms with E-state index in [1.165, 1.54) is 0 Å². The SMILES string of the molecule is NCc1cc(OCc2ccccc2)ccc1CO. The Balaban J connectivity index is 2.06. The van der Waals surface area contributed by atoms with E-state index in [0.717, 1.165) is 22.4 Å². The molecule has 0 aliphatic carbocycles. The lowest BCUT2D eigenvalue weighted by Gasteiger charge is -2.10. The molecule has 2 aromatic rings. The number of hydrogen-bond acceptors (Lipinski definition) is 3. The van der Waals surface area contributed by atoms with Crippen LogP contribution in [0.2, 0.25) is 0 Å². The van der Waals surface area contributed by atoms with E-state index in [9.17, 15) is 0 Å². The molecule has 0 aliphatic rings. The average Bonchev–Trinajstić information content (AvgIpc) is 2.45. The van der Waals surface area contributed by atoms with Gasteiger partial charge in [-0.15, -0.1) is 0 Å². The molecule has 0 radical (unpaired) electrons. The monoisotopic (exact) mass is 243 g/mol. The lowest BCUT2D eigenvalue weighted by Crippen LogP contribution is -2.03. The third-order valence-corrected chi connectivity index (χ3v) is 2.82. The van der Waals surface area contributed by atoms with Gasteiger partial charge in [-0.05, 0) is 28.8 Å². The Morgan fingerprint density at radius 3 is 2.44 bits per heavy atom. The van der Waals surface area contributed by atoms with Crippen LogP contribution in [0.5, 0.6) is 5.75 Å². The summed E-state index contributed by atoms with van der Waals surface area (Å²) in [6.45, 7) is 0.938. The molecule has 0 fully saturated rings. The molecule has 0 unspecified atom stereocenters. The van der Waals surface area contributed by atoms with Gasteiger partial charge in [-0.3, -0.25) is 0 Å². The van der Waals surface area contributed by atoms with E-state index < -0.39 is 0 Å². The van der Waals surface area contributed by atoms with Crippen LogP contribution in [0, 0.1) is 0 Å². The predicted molar refractivity (Wildman–Crippen MR) is 71.0 cm³/mol. The second-order valence-electron chi connectivity index (χ2n) is 4.07. The van der Waals surface area contributed by atoms with E-state index in [1.54, 1.807) is 0 Å². The van der Waals surface area contributed by atoms with E-state index >= 15 is 0 Å². The summed E-state index contributed by atoms with van der Waals surface area (Å²) in [5, 5.41) is 9.15. The smallest absolute Gasteiger partial charge is 0.120 e. The summed E-state index contributed by atoms with van der Waals surface area (Å²) in [6.07, 6.45) is 0. The molecule has 0 spiro atoms. The molecule has 94 valence electrons. The third kappa shape index (κ3) is 3.09. The van der Waals surface area contributed by atoms with E-state index in [0.29, 0.717) is 13.2 Å². The van der Waals surface area contributed by atoms with Crippen LogP contribution in [0.3, 0.4) is 0 Å². The highest BCUT2D eigenvalue weighted by Crippen LogP contribution is 2.19. The first kappa shape index (κ1) is 12.6. The Hall–Kier alpha value is -1.84. The van der Waals surface area contributed by atoms with Crippen LogP contribution in [-0.2, 0) is 19.8 Å². The predicted octanol–water partition coefficient (Wildman–Crippen LogP) is 2.22. The zero-order valence-electron chi connectivity index (χ0n) is 10.2. The minimum atomic E-state index is 0.00545. The van der Waals surface area contributed by atoms with Crippen LogP contribution >= 0.6 is 0 Å². The molecule has 2 rings (SSSR count). The van der Waals surface area contributed by atoms with E-state index in [4.69, 9.17) is 15.6 Å². The van der Waals surface area contributed by atoms with Gasteiger partial charge >= 0.3 is 0 Å². The van der Waals surface area contributed by atoms with Crippen molar-refractivity contribution >= 4 is 0 Å². The van der Waals surface area contributed by atoms with Crippen molar-refractivity contribution < 1.29 is 9.84 Å². The van der Waals surface area contributed by atoms with Crippen molar-refractivity contribution in [3.05, 3.63) is 65.2 Å². The molecule has 0 saturated heterocycles. The van der Waals surface area contributed by atoms with E-state index in [2.05, 4.69) is 0 Å². The molecule has 0 atom stereocenters. The molecule has 18 heavy (non-hydrogen) atoms. The number of benzene rings is 2. The molecular formula is C15H17NO2. The van der Waals surface area contributed by atoms with Gasteiger partial charge in [-0.2, -0.15) is 0 Å². The molecule has 0 amide bonds. The minimum absolute atomic E-state index is 0.00545. The number of ether oxygens (including phenoxy) is 1. The molecule has 3 N–H and O–H groups in total. The number of rotatable bonds is 5. The largest absolute Gasteiger partial charge is 0.489 e. The summed E-state index contributed by atoms with van der Waals surface area (Å²) in [6, 6.07) is 15.6. The molecule has 0 saturated carbocycles.